The summed E-state index contributed by atoms with van der Waals surface area (Å²) in [6.45, 7) is 2.79. The van der Waals surface area contributed by atoms with Gasteiger partial charge in [0.1, 0.15) is 9.77 Å². The number of hydrogen-bond acceptors (Lipinski definition) is 7. The predicted octanol–water partition coefficient (Wildman–Crippen LogP) is 2.74. The number of hydrogen-bond donors (Lipinski definition) is 1. The normalized spacial score (nSPS) is 20.4. The van der Waals surface area contributed by atoms with E-state index in [1.54, 1.807) is 5.38 Å². The number of sulfonamides is 1. The fraction of sp³-hybridized carbons (Fsp3) is 0.500. The molecule has 0 unspecified atom stereocenters. The summed E-state index contributed by atoms with van der Waals surface area (Å²) in [7, 11) is -3.66. The molecule has 1 amide bonds. The van der Waals surface area contributed by atoms with E-state index < -0.39 is 10.0 Å². The second-order valence-corrected chi connectivity index (χ2v) is 11.2. The molecule has 0 radical (unpaired) electrons. The first-order valence-corrected chi connectivity index (χ1v) is 13.2. The second kappa shape index (κ2) is 8.66. The first-order chi connectivity index (χ1) is 15.5. The van der Waals surface area contributed by atoms with Gasteiger partial charge in [-0.2, -0.15) is 4.31 Å². The first-order valence-electron chi connectivity index (χ1n) is 10.8. The van der Waals surface area contributed by atoms with Crippen molar-refractivity contribution in [3.63, 3.8) is 0 Å². The van der Waals surface area contributed by atoms with Crippen LogP contribution in [0.1, 0.15) is 40.9 Å². The minimum absolute atomic E-state index is 0.103. The largest absolute Gasteiger partial charge is 0.454 e. The molecule has 32 heavy (non-hydrogen) atoms. The van der Waals surface area contributed by atoms with Crippen molar-refractivity contribution in [2.45, 2.75) is 36.0 Å². The molecule has 8 nitrogen and oxygen atoms in total. The van der Waals surface area contributed by atoms with Gasteiger partial charge in [-0.3, -0.25) is 4.79 Å². The highest BCUT2D eigenvalue weighted by Crippen LogP contribution is 2.40. The van der Waals surface area contributed by atoms with Crippen LogP contribution >= 0.6 is 11.3 Å². The SMILES string of the molecule is O=C(NCC1(c2ccc3c(c2)OCO3)CCOCC1)c1sccc1S(=O)(=O)N1CCCC1. The van der Waals surface area contributed by atoms with Crippen LogP contribution in [0.5, 0.6) is 11.5 Å². The van der Waals surface area contributed by atoms with Gasteiger partial charge in [0.15, 0.2) is 11.5 Å². The quantitative estimate of drug-likeness (QED) is 0.686. The Morgan fingerprint density at radius 3 is 2.62 bits per heavy atom. The molecule has 1 aromatic carbocycles. The Balaban J connectivity index is 1.37. The molecule has 172 valence electrons. The third-order valence-corrected chi connectivity index (χ3v) is 9.52. The number of amides is 1. The molecule has 3 aliphatic heterocycles. The van der Waals surface area contributed by atoms with Gasteiger partial charge in [-0.25, -0.2) is 8.42 Å². The number of benzene rings is 1. The number of ether oxygens (including phenoxy) is 3. The van der Waals surface area contributed by atoms with Gasteiger partial charge < -0.3 is 19.5 Å². The number of nitrogens with zero attached hydrogens (tertiary/aromatic N) is 1. The standard InChI is InChI=1S/C22H26N2O6S2/c25-21(20-19(5-12-31-20)32(26,27)24-8-1-2-9-24)23-14-22(6-10-28-11-7-22)16-3-4-17-18(13-16)30-15-29-17/h3-5,12-13H,1-2,6-11,14-15H2,(H,23,25). The molecule has 2 aromatic rings. The average molecular weight is 479 g/mol. The van der Waals surface area contributed by atoms with Crippen molar-refractivity contribution in [2.75, 3.05) is 39.6 Å². The summed E-state index contributed by atoms with van der Waals surface area (Å²) < 4.78 is 44.1. The third kappa shape index (κ3) is 3.89. The van der Waals surface area contributed by atoms with Gasteiger partial charge in [-0.05, 0) is 54.8 Å². The van der Waals surface area contributed by atoms with Crippen LogP contribution in [0.15, 0.2) is 34.5 Å². The minimum Gasteiger partial charge on any atom is -0.454 e. The van der Waals surface area contributed by atoms with E-state index in [0.29, 0.717) is 38.6 Å². The maximum Gasteiger partial charge on any atom is 0.262 e. The van der Waals surface area contributed by atoms with Gasteiger partial charge in [0.05, 0.1) is 0 Å². The van der Waals surface area contributed by atoms with Crippen LogP contribution < -0.4 is 14.8 Å². The van der Waals surface area contributed by atoms with E-state index in [9.17, 15) is 13.2 Å². The lowest BCUT2D eigenvalue weighted by atomic mass is 9.74. The summed E-state index contributed by atoms with van der Waals surface area (Å²) in [5.74, 6) is 1.07. The van der Waals surface area contributed by atoms with E-state index in [4.69, 9.17) is 14.2 Å². The van der Waals surface area contributed by atoms with Gasteiger partial charge in [0.25, 0.3) is 5.91 Å². The summed E-state index contributed by atoms with van der Waals surface area (Å²) in [6, 6.07) is 7.43. The van der Waals surface area contributed by atoms with Crippen molar-refractivity contribution in [1.82, 2.24) is 9.62 Å². The van der Waals surface area contributed by atoms with Gasteiger partial charge >= 0.3 is 0 Å². The molecule has 0 atom stereocenters. The Morgan fingerprint density at radius 1 is 1.09 bits per heavy atom. The number of fused-ring (bicyclic) bond motifs is 1. The van der Waals surface area contributed by atoms with Gasteiger partial charge in [0, 0.05) is 38.3 Å². The second-order valence-electron chi connectivity index (χ2n) is 8.37. The summed E-state index contributed by atoms with van der Waals surface area (Å²) >= 11 is 1.16. The fourth-order valence-corrected chi connectivity index (χ4v) is 7.45. The Labute approximate surface area is 191 Å². The van der Waals surface area contributed by atoms with E-state index in [-0.39, 0.29) is 27.9 Å². The molecule has 2 fully saturated rings. The van der Waals surface area contributed by atoms with E-state index in [1.807, 2.05) is 18.2 Å². The number of thiophene rings is 1. The number of carbonyl (C=O) groups is 1. The van der Waals surface area contributed by atoms with Crippen molar-refractivity contribution in [2.24, 2.45) is 0 Å². The summed E-state index contributed by atoms with van der Waals surface area (Å²) in [5, 5.41) is 4.69. The Hall–Kier alpha value is -2.14. The molecule has 0 aliphatic carbocycles. The zero-order valence-corrected chi connectivity index (χ0v) is 19.3. The van der Waals surface area contributed by atoms with Crippen LogP contribution in [-0.4, -0.2) is 58.3 Å². The van der Waals surface area contributed by atoms with Crippen molar-refractivity contribution in [3.8, 4) is 11.5 Å². The molecule has 0 spiro atoms. The van der Waals surface area contributed by atoms with Crippen molar-refractivity contribution in [3.05, 3.63) is 40.1 Å². The van der Waals surface area contributed by atoms with Crippen LogP contribution in [0.4, 0.5) is 0 Å². The molecule has 1 N–H and O–H groups in total. The lowest BCUT2D eigenvalue weighted by Crippen LogP contribution is -2.44. The maximum atomic E-state index is 13.1. The topological polar surface area (TPSA) is 94.2 Å². The maximum absolute atomic E-state index is 13.1. The summed E-state index contributed by atoms with van der Waals surface area (Å²) in [4.78, 5) is 13.5. The highest BCUT2D eigenvalue weighted by atomic mass is 32.2. The third-order valence-electron chi connectivity index (χ3n) is 6.54. The summed E-state index contributed by atoms with van der Waals surface area (Å²) in [6.07, 6.45) is 3.20. The highest BCUT2D eigenvalue weighted by Gasteiger charge is 2.37. The van der Waals surface area contributed by atoms with E-state index in [2.05, 4.69) is 5.32 Å². The van der Waals surface area contributed by atoms with Crippen LogP contribution in [0.2, 0.25) is 0 Å². The lowest BCUT2D eigenvalue weighted by molar-refractivity contribution is 0.0486. The van der Waals surface area contributed by atoms with E-state index in [0.717, 1.165) is 48.3 Å². The molecule has 1 aromatic heterocycles. The molecular weight excluding hydrogens is 452 g/mol. The van der Waals surface area contributed by atoms with Gasteiger partial charge in [-0.15, -0.1) is 11.3 Å². The molecule has 2 saturated heterocycles. The molecule has 0 saturated carbocycles. The summed E-state index contributed by atoms with van der Waals surface area (Å²) in [5.41, 5.74) is 0.738. The van der Waals surface area contributed by atoms with Crippen LogP contribution in [0.25, 0.3) is 0 Å². The Bertz CT molecular complexity index is 1100. The van der Waals surface area contributed by atoms with Gasteiger partial charge in [0.2, 0.25) is 16.8 Å². The van der Waals surface area contributed by atoms with Crippen LogP contribution in [-0.2, 0) is 20.2 Å². The molecule has 10 heteroatoms. The highest BCUT2D eigenvalue weighted by molar-refractivity contribution is 7.89. The van der Waals surface area contributed by atoms with Crippen molar-refractivity contribution < 1.29 is 27.4 Å². The zero-order valence-electron chi connectivity index (χ0n) is 17.7. The smallest absolute Gasteiger partial charge is 0.262 e. The number of nitrogens with one attached hydrogen (secondary N) is 1. The zero-order chi connectivity index (χ0) is 22.2. The van der Waals surface area contributed by atoms with E-state index >= 15 is 0 Å². The van der Waals surface area contributed by atoms with Crippen molar-refractivity contribution >= 4 is 27.3 Å². The Morgan fingerprint density at radius 2 is 1.84 bits per heavy atom. The number of rotatable bonds is 6. The fourth-order valence-electron chi connectivity index (χ4n) is 4.62. The monoisotopic (exact) mass is 478 g/mol. The number of carbonyl (C=O) groups excluding carboxylic acids is 1. The van der Waals surface area contributed by atoms with E-state index in [1.165, 1.54) is 10.4 Å². The predicted molar refractivity (Wildman–Crippen MR) is 119 cm³/mol. The van der Waals surface area contributed by atoms with Crippen LogP contribution in [0, 0.1) is 0 Å². The molecule has 4 heterocycles. The van der Waals surface area contributed by atoms with Gasteiger partial charge in [-0.1, -0.05) is 6.07 Å². The molecule has 0 bridgehead atoms. The molecular formula is C22H26N2O6S2. The Kier molecular flexibility index (Phi) is 5.87. The molecule has 5 rings (SSSR count). The minimum atomic E-state index is -3.66. The van der Waals surface area contributed by atoms with Crippen molar-refractivity contribution in [1.29, 1.82) is 0 Å². The lowest BCUT2D eigenvalue weighted by Gasteiger charge is -2.38. The average Bonchev–Trinajstić information content (AvgIpc) is 3.58. The molecule has 3 aliphatic rings. The van der Waals surface area contributed by atoms with Crippen LogP contribution in [0.3, 0.4) is 0 Å². The first kappa shape index (κ1) is 21.7.